The van der Waals surface area contributed by atoms with E-state index in [0.29, 0.717) is 79.9 Å². The zero-order valence-corrected chi connectivity index (χ0v) is 58.9. The van der Waals surface area contributed by atoms with E-state index < -0.39 is 35.6 Å². The Kier molecular flexibility index (Phi) is 21.1. The van der Waals surface area contributed by atoms with Crippen molar-refractivity contribution in [1.29, 1.82) is 0 Å². The number of hydrogen-bond acceptors (Lipinski definition) is 22. The van der Waals surface area contributed by atoms with Crippen LogP contribution >= 0.6 is 11.6 Å². The van der Waals surface area contributed by atoms with Crippen molar-refractivity contribution in [3.8, 4) is 11.4 Å². The standard InChI is InChI=1S/C31H38N8O4.C30H43BN2O6.C7H7ClN6/c1-30(2,3)27-36-24(17-42-27)25(40)13-19-10-11-39(29(41)43-31(4,5)6)15-21-12-20(8-9-23(19)21)26-32-18-33-28(37-26)35-22-14-34-38(7)16-22;1-27(2,3)25-32-23(18-36-25)24(34)16-19-13-14-33(26(35)37-28(4,5)6)17-20-15-21(11-12-22(19)20)31-38-29(7,8)30(9,10)39-31;1-14-3-5(2-11-14)12-7-10-4-9-6(8)13-7/h8-9,12,14,16-19H,10-11,13,15H2,1-7H3,(H,32,33,35,37);11-12,15,18-19H,13-14,16-17H2,1-10H3;2-4H,1H3,(H,9,10,12,13)/t2*19-;/m00./s1. The quantitative estimate of drug-likeness (QED) is 0.0848. The predicted octanol–water partition coefficient (Wildman–Crippen LogP) is 12.6. The van der Waals surface area contributed by atoms with Gasteiger partial charge >= 0.3 is 19.3 Å². The third kappa shape index (κ3) is 18.5. The van der Waals surface area contributed by atoms with Gasteiger partial charge in [0.1, 0.15) is 47.8 Å². The van der Waals surface area contributed by atoms with Gasteiger partial charge in [-0.3, -0.25) is 19.0 Å². The summed E-state index contributed by atoms with van der Waals surface area (Å²) in [7, 11) is 3.13. The molecule has 8 aromatic rings. The first-order chi connectivity index (χ1) is 44.8. The maximum atomic E-state index is 13.4. The van der Waals surface area contributed by atoms with E-state index in [1.165, 1.54) is 25.2 Å². The SMILES string of the molecule is CC(C)(C)OC(=O)N1CC[C@@H](CC(=O)c2coc(C(C)(C)C)n2)c2ccc(B3OC(C)(C)C(C)(C)O3)cc2C1.Cn1cc(Nc2ncnc(-c3ccc4c(c3)CN(C(=O)OC(C)(C)C)CC[C@H]4CC(=O)c3coc(C(C)(C)C)n3)n2)cn1.Cn1cc(Nc2ncnc(Cl)n2)cn1. The van der Waals surface area contributed by atoms with Gasteiger partial charge in [0.2, 0.25) is 17.2 Å². The van der Waals surface area contributed by atoms with Gasteiger partial charge in [0.05, 0.1) is 35.0 Å². The summed E-state index contributed by atoms with van der Waals surface area (Å²) in [6.07, 6.45) is 13.6. The normalized spacial score (nSPS) is 16.9. The molecule has 0 saturated carbocycles. The summed E-state index contributed by atoms with van der Waals surface area (Å²) < 4.78 is 38.6. The van der Waals surface area contributed by atoms with E-state index in [1.54, 1.807) is 37.8 Å². The topological polar surface area (TPSA) is 301 Å². The van der Waals surface area contributed by atoms with Gasteiger partial charge in [-0.1, -0.05) is 71.9 Å². The minimum atomic E-state index is -0.635. The van der Waals surface area contributed by atoms with Crippen molar-refractivity contribution in [3.63, 3.8) is 0 Å². The number of anilines is 4. The van der Waals surface area contributed by atoms with Crippen LogP contribution in [0.15, 0.2) is 95.2 Å². The Bertz CT molecular complexity index is 4060. The molecule has 510 valence electrons. The van der Waals surface area contributed by atoms with Gasteiger partial charge in [-0.05, 0) is 139 Å². The average molecular weight is 1340 g/mol. The highest BCUT2D eigenvalue weighted by Gasteiger charge is 2.52. The number of fused-ring (bicyclic) bond motifs is 2. The first-order valence-corrected chi connectivity index (χ1v) is 32.3. The van der Waals surface area contributed by atoms with Gasteiger partial charge in [-0.15, -0.1) is 0 Å². The molecule has 1 saturated heterocycles. The second kappa shape index (κ2) is 28.4. The maximum Gasteiger partial charge on any atom is 0.494 e. The number of amides is 2. The molecule has 96 heavy (non-hydrogen) atoms. The lowest BCUT2D eigenvalue weighted by Gasteiger charge is -2.32. The fourth-order valence-electron chi connectivity index (χ4n) is 10.7. The first-order valence-electron chi connectivity index (χ1n) is 32.0. The number of hydrogen-bond donors (Lipinski definition) is 2. The van der Waals surface area contributed by atoms with Crippen molar-refractivity contribution in [1.82, 2.24) is 69.2 Å². The monoisotopic (exact) mass is 1330 g/mol. The summed E-state index contributed by atoms with van der Waals surface area (Å²) in [5, 5.41) is 14.4. The number of nitrogens with zero attached hydrogens (tertiary/aromatic N) is 14. The van der Waals surface area contributed by atoms with Crippen molar-refractivity contribution < 1.29 is 46.8 Å². The number of carbonyl (C=O) groups excluding carboxylic acids is 4. The number of Topliss-reactive ketones (excluding diaryl/α,β-unsaturated/α-hetero) is 2. The molecule has 2 amide bonds. The Hall–Kier alpha value is -8.95. The molecule has 0 radical (unpaired) electrons. The molecule has 3 aliphatic rings. The van der Waals surface area contributed by atoms with Gasteiger partial charge in [-0.25, -0.2) is 39.5 Å². The molecule has 0 bridgehead atoms. The summed E-state index contributed by atoms with van der Waals surface area (Å²) in [4.78, 5) is 90.0. The van der Waals surface area contributed by atoms with Gasteiger partial charge in [0.25, 0.3) is 0 Å². The summed E-state index contributed by atoms with van der Waals surface area (Å²) in [6.45, 7) is 32.8. The zero-order valence-electron chi connectivity index (χ0n) is 58.2. The van der Waals surface area contributed by atoms with Crippen molar-refractivity contribution in [2.75, 3.05) is 23.7 Å². The lowest BCUT2D eigenvalue weighted by molar-refractivity contribution is 0.00578. The molecule has 0 unspecified atom stereocenters. The lowest BCUT2D eigenvalue weighted by atomic mass is 9.76. The summed E-state index contributed by atoms with van der Waals surface area (Å²) in [6, 6.07) is 12.0. The van der Waals surface area contributed by atoms with Crippen molar-refractivity contribution >= 4 is 71.2 Å². The third-order valence-electron chi connectivity index (χ3n) is 16.3. The molecule has 0 spiro atoms. The number of oxazole rings is 2. The van der Waals surface area contributed by atoms with Crippen LogP contribution in [0.25, 0.3) is 11.4 Å². The summed E-state index contributed by atoms with van der Waals surface area (Å²) in [5.74, 6) is 1.90. The zero-order chi connectivity index (χ0) is 69.9. The van der Waals surface area contributed by atoms with Crippen LogP contribution in [0.3, 0.4) is 0 Å². The van der Waals surface area contributed by atoms with Crippen LogP contribution < -0.4 is 16.1 Å². The Balaban J connectivity index is 0.000000188. The van der Waals surface area contributed by atoms with Crippen LogP contribution in [0, 0.1) is 0 Å². The number of aryl methyl sites for hydroxylation is 2. The third-order valence-corrected chi connectivity index (χ3v) is 16.4. The fraction of sp³-hybridized carbons (Fsp3) is 0.500. The van der Waals surface area contributed by atoms with Gasteiger partial charge in [0, 0.05) is 81.9 Å². The molecule has 2 atom stereocenters. The average Bonchev–Trinajstić information content (AvgIpc) is 1.61. The van der Waals surface area contributed by atoms with Crippen LogP contribution in [0.1, 0.15) is 203 Å². The highest BCUT2D eigenvalue weighted by molar-refractivity contribution is 6.62. The first kappa shape index (κ1) is 71.4. The van der Waals surface area contributed by atoms with E-state index in [2.05, 4.69) is 66.8 Å². The minimum Gasteiger partial charge on any atom is -0.448 e. The smallest absolute Gasteiger partial charge is 0.448 e. The van der Waals surface area contributed by atoms with Gasteiger partial charge < -0.3 is 48.1 Å². The van der Waals surface area contributed by atoms with Crippen molar-refractivity contribution in [3.05, 3.63) is 137 Å². The number of carbonyl (C=O) groups is 4. The molecule has 2 aromatic carbocycles. The largest absolute Gasteiger partial charge is 0.494 e. The Morgan fingerprint density at radius 2 is 1.05 bits per heavy atom. The lowest BCUT2D eigenvalue weighted by Crippen LogP contribution is -2.41. The number of ether oxygens (including phenoxy) is 2. The van der Waals surface area contributed by atoms with E-state index >= 15 is 0 Å². The predicted molar refractivity (Wildman–Crippen MR) is 362 cm³/mol. The molecule has 26 nitrogen and oxygen atoms in total. The number of aromatic nitrogens is 12. The van der Waals surface area contributed by atoms with E-state index in [-0.39, 0.29) is 58.5 Å². The minimum absolute atomic E-state index is 0.0778. The van der Waals surface area contributed by atoms with Gasteiger partial charge in [0.15, 0.2) is 29.2 Å². The second-order valence-electron chi connectivity index (χ2n) is 29.3. The summed E-state index contributed by atoms with van der Waals surface area (Å²) in [5.41, 5.74) is 4.97. The number of halogens is 1. The molecule has 0 aliphatic carbocycles. The number of benzene rings is 2. The molecule has 6 aromatic heterocycles. The Morgan fingerprint density at radius 3 is 1.48 bits per heavy atom. The van der Waals surface area contributed by atoms with Crippen LogP contribution in [0.4, 0.5) is 32.9 Å². The van der Waals surface area contributed by atoms with Crippen LogP contribution in [-0.4, -0.2) is 136 Å². The molecule has 1 fully saturated rings. The summed E-state index contributed by atoms with van der Waals surface area (Å²) >= 11 is 5.59. The van der Waals surface area contributed by atoms with E-state index in [9.17, 15) is 19.2 Å². The highest BCUT2D eigenvalue weighted by Crippen LogP contribution is 2.39. The molecule has 28 heteroatoms. The van der Waals surface area contributed by atoms with Crippen LogP contribution in [-0.2, 0) is 56.8 Å². The van der Waals surface area contributed by atoms with Crippen LogP contribution in [0.5, 0.6) is 0 Å². The second-order valence-corrected chi connectivity index (χ2v) is 29.7. The Labute approximate surface area is 565 Å². The number of ketones is 2. The molecular formula is C68H88BClN16O10. The maximum absolute atomic E-state index is 13.4. The molecule has 9 heterocycles. The number of nitrogens with one attached hydrogen (secondary N) is 2. The van der Waals surface area contributed by atoms with Gasteiger partial charge in [-0.2, -0.15) is 20.2 Å². The van der Waals surface area contributed by atoms with E-state index in [0.717, 1.165) is 44.7 Å². The number of rotatable bonds is 12. The molecule has 11 rings (SSSR count). The molecule has 3 aliphatic heterocycles. The van der Waals surface area contributed by atoms with E-state index in [4.69, 9.17) is 39.2 Å². The van der Waals surface area contributed by atoms with Crippen molar-refractivity contribution in [2.45, 2.75) is 195 Å². The highest BCUT2D eigenvalue weighted by atomic mass is 35.5. The fourth-order valence-corrected chi connectivity index (χ4v) is 10.8. The molecular weight excluding hydrogens is 1250 g/mol. The van der Waals surface area contributed by atoms with E-state index in [1.807, 2.05) is 161 Å². The van der Waals surface area contributed by atoms with Crippen molar-refractivity contribution in [2.24, 2.45) is 14.1 Å². The molecule has 2 N–H and O–H groups in total. The Morgan fingerprint density at radius 1 is 0.604 bits per heavy atom. The van der Waals surface area contributed by atoms with Crippen LogP contribution in [0.2, 0.25) is 5.28 Å².